The third-order valence-corrected chi connectivity index (χ3v) is 6.65. The van der Waals surface area contributed by atoms with Crippen LogP contribution in [-0.2, 0) is 84.5 Å². The average Bonchev–Trinajstić information content (AvgIpc) is 3.23. The van der Waals surface area contributed by atoms with Crippen LogP contribution in [-0.4, -0.2) is 86.7 Å². The zero-order valence-electron chi connectivity index (χ0n) is 38.4. The number of aromatic nitrogens is 4. The average molecular weight is 938 g/mol. The Morgan fingerprint density at radius 1 is 0.579 bits per heavy atom. The van der Waals surface area contributed by atoms with Crippen LogP contribution in [0, 0.1) is 25.6 Å². The van der Waals surface area contributed by atoms with E-state index >= 15 is 0 Å². The minimum atomic E-state index is 0. The van der Waals surface area contributed by atoms with Gasteiger partial charge in [0.15, 0.2) is 0 Å². The molecule has 4 rings (SSSR count). The molecule has 0 amide bonds. The van der Waals surface area contributed by atoms with E-state index in [-0.39, 0.29) is 87.7 Å². The maximum atomic E-state index is 5.61. The van der Waals surface area contributed by atoms with Crippen molar-refractivity contribution in [1.29, 1.82) is 0 Å². The minimum absolute atomic E-state index is 0. The fraction of sp³-hybridized carbons (Fsp3) is 0.733. The van der Waals surface area contributed by atoms with Crippen LogP contribution < -0.4 is 4.90 Å². The SMILES string of the molecule is C.C.C.CC.CC.CC.CC.CCN1CCCCC1.C[B]C.C[B]C.[CH-]=Cc1[c-]nc(C[B]C)nc1CC.[CH-]=Cc1[c-]nc(C[B]C)nc1N1CCCCC1.[Y].[Y]. The van der Waals surface area contributed by atoms with Crippen molar-refractivity contribution in [2.75, 3.05) is 37.6 Å². The van der Waals surface area contributed by atoms with Crippen LogP contribution in [0.3, 0.4) is 0 Å². The van der Waals surface area contributed by atoms with Crippen LogP contribution in [0.4, 0.5) is 5.82 Å². The van der Waals surface area contributed by atoms with Gasteiger partial charge in [-0.25, -0.2) is 5.56 Å². The molecule has 6 radical (unpaired) electrons. The Morgan fingerprint density at radius 3 is 1.25 bits per heavy atom. The summed E-state index contributed by atoms with van der Waals surface area (Å²) in [6.07, 6.45) is 19.4. The summed E-state index contributed by atoms with van der Waals surface area (Å²) >= 11 is 0. The normalized spacial score (nSPS) is 11.1. The van der Waals surface area contributed by atoms with E-state index in [2.05, 4.69) is 56.3 Å². The third-order valence-electron chi connectivity index (χ3n) is 6.65. The molecule has 0 bridgehead atoms. The summed E-state index contributed by atoms with van der Waals surface area (Å²) < 4.78 is 0. The maximum Gasteiger partial charge on any atom is 0.104 e. The maximum absolute atomic E-state index is 5.61. The Labute approximate surface area is 415 Å². The molecule has 0 spiro atoms. The zero-order chi connectivity index (χ0) is 41.0. The molecule has 57 heavy (non-hydrogen) atoms. The summed E-state index contributed by atoms with van der Waals surface area (Å²) in [5.41, 5.74) is 2.59. The van der Waals surface area contributed by atoms with E-state index < -0.39 is 0 Å². The van der Waals surface area contributed by atoms with Crippen LogP contribution in [0.15, 0.2) is 0 Å². The molecule has 2 aliphatic rings. The van der Waals surface area contributed by atoms with Gasteiger partial charge in [-0.3, -0.25) is 5.56 Å². The van der Waals surface area contributed by atoms with E-state index in [0.29, 0.717) is 0 Å². The summed E-state index contributed by atoms with van der Waals surface area (Å²) in [7, 11) is 8.07. The number of hydrogen-bond donors (Lipinski definition) is 0. The van der Waals surface area contributed by atoms with Crippen molar-refractivity contribution in [2.24, 2.45) is 0 Å². The van der Waals surface area contributed by atoms with Crippen LogP contribution in [0.2, 0.25) is 40.9 Å². The van der Waals surface area contributed by atoms with Crippen LogP contribution in [0.25, 0.3) is 12.2 Å². The summed E-state index contributed by atoms with van der Waals surface area (Å²) in [5.74, 6) is 2.57. The van der Waals surface area contributed by atoms with Crippen molar-refractivity contribution in [3.05, 3.63) is 54.0 Å². The number of anilines is 1. The Balaban J connectivity index is -0.0000000620. The van der Waals surface area contributed by atoms with Crippen LogP contribution in [0.5, 0.6) is 0 Å². The largest absolute Gasteiger partial charge is 0.410 e. The predicted molar refractivity (Wildman–Crippen MR) is 262 cm³/mol. The van der Waals surface area contributed by atoms with Gasteiger partial charge in [0.25, 0.3) is 0 Å². The fourth-order valence-electron chi connectivity index (χ4n) is 4.50. The first kappa shape index (κ1) is 80.8. The second-order valence-corrected chi connectivity index (χ2v) is 10.7. The molecule has 0 aromatic carbocycles. The molecule has 6 nitrogen and oxygen atoms in total. The second kappa shape index (κ2) is 67.6. The van der Waals surface area contributed by atoms with E-state index in [4.69, 9.17) is 13.2 Å². The Morgan fingerprint density at radius 2 is 0.930 bits per heavy atom. The predicted octanol–water partition coefficient (Wildman–Crippen LogP) is 12.6. The van der Waals surface area contributed by atoms with Gasteiger partial charge in [-0.2, -0.15) is 0 Å². The smallest absolute Gasteiger partial charge is 0.104 e. The first-order chi connectivity index (χ1) is 25.4. The summed E-state index contributed by atoms with van der Waals surface area (Å²) in [6, 6.07) is 0. The molecule has 4 heterocycles. The minimum Gasteiger partial charge on any atom is -0.410 e. The van der Waals surface area contributed by atoms with E-state index in [0.717, 1.165) is 66.4 Å². The van der Waals surface area contributed by atoms with Gasteiger partial charge in [-0.05, 0) is 57.6 Å². The number of aryl methyl sites for hydroxylation is 1. The van der Waals surface area contributed by atoms with Gasteiger partial charge in [0.2, 0.25) is 0 Å². The Kier molecular flexibility index (Phi) is 95.9. The molecule has 324 valence electrons. The number of rotatable bonds is 9. The molecule has 2 fully saturated rings. The Bertz CT molecular complexity index is 1010. The quantitative estimate of drug-likeness (QED) is 0.184. The Hall–Kier alpha value is -0.132. The number of hydrogen-bond acceptors (Lipinski definition) is 6. The standard InChI is InChI=1S/C13H17BN3.C10H12BN2.C7H15N.2C2H6B.4C2H6.3CH4.2Y/c1-3-11-10-15-12(9-14-2)16-13(11)17-7-5-4-6-8-17;1-4-8-7-12-10(6-11-3)13-9(8)5-2;1-2-8-6-4-3-5-7-8;2*1-3-2;4*1-2;;;;;/h1,3H,4-9H2,2H3;1,4H,5-6H2,2-3H3;2-7H2,1H3;2*1-2H3;4*1-2H3;3*1H4;;/q2*-2;;;;;;;;;;;;. The van der Waals surface area contributed by atoms with Crippen molar-refractivity contribution in [2.45, 2.75) is 190 Å². The topological polar surface area (TPSA) is 58.0 Å². The molecule has 2 aliphatic heterocycles. The first-order valence-electron chi connectivity index (χ1n) is 20.6. The van der Waals surface area contributed by atoms with Gasteiger partial charge in [-0.15, -0.1) is 18.1 Å². The molecule has 0 atom stereocenters. The van der Waals surface area contributed by atoms with Gasteiger partial charge in [0.05, 0.1) is 0 Å². The zero-order valence-corrected chi connectivity index (χ0v) is 44.0. The van der Waals surface area contributed by atoms with Gasteiger partial charge in [0, 0.05) is 90.2 Å². The van der Waals surface area contributed by atoms with E-state index in [9.17, 15) is 0 Å². The molecule has 0 unspecified atom stereocenters. The van der Waals surface area contributed by atoms with E-state index in [1.807, 2.05) is 125 Å². The molecule has 2 saturated heterocycles. The van der Waals surface area contributed by atoms with Gasteiger partial charge in [-0.1, -0.05) is 158 Å². The molecule has 0 N–H and O–H groups in total. The summed E-state index contributed by atoms with van der Waals surface area (Å²) in [6.45, 7) is 49.3. The van der Waals surface area contributed by atoms with Crippen LogP contribution >= 0.6 is 0 Å². The summed E-state index contributed by atoms with van der Waals surface area (Å²) in [5, 5.41) is 0. The summed E-state index contributed by atoms with van der Waals surface area (Å²) in [4.78, 5) is 22.0. The third kappa shape index (κ3) is 45.2. The van der Waals surface area contributed by atoms with Gasteiger partial charge in [0.1, 0.15) is 29.1 Å². The molecule has 0 saturated carbocycles. The van der Waals surface area contributed by atoms with Crippen molar-refractivity contribution in [3.8, 4) is 0 Å². The van der Waals surface area contributed by atoms with E-state index in [1.165, 1.54) is 64.2 Å². The van der Waals surface area contributed by atoms with Crippen molar-refractivity contribution < 1.29 is 65.4 Å². The molecule has 2 aromatic rings. The molecular formula is C45H92B4N6Y2-4. The number of piperidine rings is 2. The fourth-order valence-corrected chi connectivity index (χ4v) is 4.50. The second-order valence-electron chi connectivity index (χ2n) is 10.7. The molecular weight excluding hydrogens is 846 g/mol. The monoisotopic (exact) mass is 939 g/mol. The van der Waals surface area contributed by atoms with Gasteiger partial charge < -0.3 is 55.0 Å². The molecule has 2 aromatic heterocycles. The number of likely N-dealkylation sites (tertiary alicyclic amines) is 1. The van der Waals surface area contributed by atoms with Crippen molar-refractivity contribution >= 4 is 47.1 Å². The first-order valence-corrected chi connectivity index (χ1v) is 20.6. The van der Waals surface area contributed by atoms with Gasteiger partial charge >= 0.3 is 0 Å². The van der Waals surface area contributed by atoms with Crippen molar-refractivity contribution in [3.63, 3.8) is 0 Å². The van der Waals surface area contributed by atoms with Crippen molar-refractivity contribution in [1.82, 2.24) is 24.8 Å². The van der Waals surface area contributed by atoms with E-state index in [1.54, 1.807) is 6.08 Å². The van der Waals surface area contributed by atoms with Crippen LogP contribution in [0.1, 0.15) is 159 Å². The molecule has 0 aliphatic carbocycles. The molecule has 12 heteroatoms. The number of nitrogens with zero attached hydrogens (tertiary/aromatic N) is 6.